The number of pyridine rings is 1. The summed E-state index contributed by atoms with van der Waals surface area (Å²) in [5.41, 5.74) is 2.19. The van der Waals surface area contributed by atoms with Gasteiger partial charge in [0.15, 0.2) is 23.9 Å². The predicted octanol–water partition coefficient (Wildman–Crippen LogP) is 2.55. The minimum absolute atomic E-state index is 0.399. The lowest BCUT2D eigenvalue weighted by Gasteiger charge is -2.14. The van der Waals surface area contributed by atoms with E-state index in [0.717, 1.165) is 10.3 Å². The monoisotopic (exact) mass is 354 g/mol. The van der Waals surface area contributed by atoms with Crippen molar-refractivity contribution in [1.82, 2.24) is 9.97 Å². The van der Waals surface area contributed by atoms with Gasteiger partial charge in [-0.3, -0.25) is 0 Å². The van der Waals surface area contributed by atoms with E-state index in [-0.39, 0.29) is 0 Å². The summed E-state index contributed by atoms with van der Waals surface area (Å²) in [6.07, 6.45) is 4.48. The van der Waals surface area contributed by atoms with E-state index in [1.165, 1.54) is 12.4 Å². The molecule has 0 amide bonds. The molecule has 1 aromatic carbocycles. The van der Waals surface area contributed by atoms with Crippen molar-refractivity contribution in [3.8, 4) is 28.5 Å². The fourth-order valence-electron chi connectivity index (χ4n) is 2.45. The van der Waals surface area contributed by atoms with Crippen LogP contribution >= 0.6 is 0 Å². The summed E-state index contributed by atoms with van der Waals surface area (Å²) < 4.78 is 16.7. The predicted molar refractivity (Wildman–Crippen MR) is 95.8 cm³/mol. The summed E-state index contributed by atoms with van der Waals surface area (Å²) in [6, 6.07) is 8.68. The zero-order valence-corrected chi connectivity index (χ0v) is 14.6. The molecule has 0 saturated carbocycles. The highest BCUT2D eigenvalue weighted by molar-refractivity contribution is 5.67. The number of ether oxygens (including phenoxy) is 3. The van der Waals surface area contributed by atoms with Crippen molar-refractivity contribution >= 4 is 11.6 Å². The lowest BCUT2D eigenvalue weighted by molar-refractivity contribution is -0.605. The van der Waals surface area contributed by atoms with Gasteiger partial charge in [0, 0.05) is 41.7 Å². The Bertz CT molecular complexity index is 875. The number of aromatic nitrogens is 3. The first-order valence-corrected chi connectivity index (χ1v) is 7.74. The maximum absolute atomic E-state index is 11.2. The van der Waals surface area contributed by atoms with Gasteiger partial charge in [0.2, 0.25) is 11.7 Å². The second-order valence-electron chi connectivity index (χ2n) is 5.25. The van der Waals surface area contributed by atoms with Crippen LogP contribution in [0.15, 0.2) is 48.9 Å². The molecule has 8 nitrogen and oxygen atoms in total. The van der Waals surface area contributed by atoms with Gasteiger partial charge in [-0.1, -0.05) is 0 Å². The molecule has 0 fully saturated rings. The third-order valence-corrected chi connectivity index (χ3v) is 3.67. The topological polar surface area (TPSA) is 92.4 Å². The highest BCUT2D eigenvalue weighted by atomic mass is 16.5. The standard InChI is InChI=1S/C18H18N4O4/c1-24-15-10-13(11-16(25-2)17(15)26-3)20-18-19-7-4-14(21-18)12-5-8-22(23)9-6-12/h4-11H,1-3H3,(H,19,20,21). The van der Waals surface area contributed by atoms with Crippen molar-refractivity contribution in [3.05, 3.63) is 54.1 Å². The summed E-state index contributed by atoms with van der Waals surface area (Å²) >= 11 is 0. The van der Waals surface area contributed by atoms with Crippen LogP contribution in [0.4, 0.5) is 11.6 Å². The maximum atomic E-state index is 11.2. The molecule has 0 aliphatic rings. The van der Waals surface area contributed by atoms with Gasteiger partial charge in [0.25, 0.3) is 0 Å². The first-order valence-electron chi connectivity index (χ1n) is 7.74. The Morgan fingerprint density at radius 1 is 0.962 bits per heavy atom. The number of anilines is 2. The normalized spacial score (nSPS) is 10.3. The van der Waals surface area contributed by atoms with E-state index in [2.05, 4.69) is 15.3 Å². The third-order valence-electron chi connectivity index (χ3n) is 3.67. The van der Waals surface area contributed by atoms with Crippen LogP contribution in [0.3, 0.4) is 0 Å². The van der Waals surface area contributed by atoms with Crippen LogP contribution in [0.5, 0.6) is 17.2 Å². The Hall–Kier alpha value is -3.55. The Labute approximate surface area is 150 Å². The fourth-order valence-corrected chi connectivity index (χ4v) is 2.45. The van der Waals surface area contributed by atoms with Gasteiger partial charge < -0.3 is 24.7 Å². The van der Waals surface area contributed by atoms with Crippen molar-refractivity contribution < 1.29 is 18.9 Å². The number of nitrogens with one attached hydrogen (secondary N) is 1. The van der Waals surface area contributed by atoms with Crippen molar-refractivity contribution in [3.63, 3.8) is 0 Å². The average molecular weight is 354 g/mol. The Kier molecular flexibility index (Phi) is 5.02. The van der Waals surface area contributed by atoms with Crippen LogP contribution in [0.1, 0.15) is 0 Å². The summed E-state index contributed by atoms with van der Waals surface area (Å²) in [5, 5.41) is 14.3. The van der Waals surface area contributed by atoms with E-state index in [4.69, 9.17) is 14.2 Å². The van der Waals surface area contributed by atoms with Gasteiger partial charge in [-0.2, -0.15) is 4.73 Å². The Morgan fingerprint density at radius 3 is 2.19 bits per heavy atom. The molecular formula is C18H18N4O4. The van der Waals surface area contributed by atoms with Crippen molar-refractivity contribution in [1.29, 1.82) is 0 Å². The lowest BCUT2D eigenvalue weighted by atomic mass is 10.2. The van der Waals surface area contributed by atoms with Crippen LogP contribution in [-0.2, 0) is 0 Å². The molecule has 0 unspecified atom stereocenters. The molecule has 0 aliphatic carbocycles. The molecule has 8 heteroatoms. The van der Waals surface area contributed by atoms with Crippen LogP contribution in [-0.4, -0.2) is 31.3 Å². The molecule has 2 heterocycles. The lowest BCUT2D eigenvalue weighted by Crippen LogP contribution is -2.23. The van der Waals surface area contributed by atoms with Gasteiger partial charge in [-0.25, -0.2) is 9.97 Å². The maximum Gasteiger partial charge on any atom is 0.227 e. The molecule has 0 saturated heterocycles. The molecule has 0 spiro atoms. The average Bonchev–Trinajstić information content (AvgIpc) is 2.68. The first kappa shape index (κ1) is 17.3. The van der Waals surface area contributed by atoms with Crippen molar-refractivity contribution in [2.24, 2.45) is 0 Å². The van der Waals surface area contributed by atoms with E-state index >= 15 is 0 Å². The molecule has 1 N–H and O–H groups in total. The molecule has 0 aliphatic heterocycles. The zero-order chi connectivity index (χ0) is 18.5. The largest absolute Gasteiger partial charge is 0.619 e. The number of hydrogen-bond acceptors (Lipinski definition) is 7. The molecule has 26 heavy (non-hydrogen) atoms. The van der Waals surface area contributed by atoms with E-state index < -0.39 is 0 Å². The molecule has 0 radical (unpaired) electrons. The van der Waals surface area contributed by atoms with Crippen molar-refractivity contribution in [2.45, 2.75) is 0 Å². The molecule has 0 atom stereocenters. The minimum Gasteiger partial charge on any atom is -0.619 e. The third kappa shape index (κ3) is 3.59. The molecule has 3 rings (SSSR count). The Balaban J connectivity index is 1.92. The number of methoxy groups -OCH3 is 3. The van der Waals surface area contributed by atoms with Gasteiger partial charge in [-0.15, -0.1) is 0 Å². The number of benzene rings is 1. The van der Waals surface area contributed by atoms with Crippen LogP contribution < -0.4 is 24.3 Å². The number of rotatable bonds is 6. The van der Waals surface area contributed by atoms with Crippen LogP contribution in [0, 0.1) is 5.21 Å². The molecule has 2 aromatic heterocycles. The zero-order valence-electron chi connectivity index (χ0n) is 14.6. The smallest absolute Gasteiger partial charge is 0.227 e. The Morgan fingerprint density at radius 2 is 1.62 bits per heavy atom. The second kappa shape index (κ2) is 7.56. The van der Waals surface area contributed by atoms with Gasteiger partial charge in [-0.05, 0) is 6.07 Å². The number of nitrogens with zero attached hydrogens (tertiary/aromatic N) is 3. The molecule has 134 valence electrons. The van der Waals surface area contributed by atoms with Gasteiger partial charge >= 0.3 is 0 Å². The number of hydrogen-bond donors (Lipinski definition) is 1. The minimum atomic E-state index is 0.399. The van der Waals surface area contributed by atoms with Crippen molar-refractivity contribution in [2.75, 3.05) is 26.6 Å². The fraction of sp³-hybridized carbons (Fsp3) is 0.167. The highest BCUT2D eigenvalue weighted by Gasteiger charge is 2.14. The summed E-state index contributed by atoms with van der Waals surface area (Å²) in [6.45, 7) is 0. The first-order chi connectivity index (χ1) is 12.6. The summed E-state index contributed by atoms with van der Waals surface area (Å²) in [5.74, 6) is 1.95. The summed E-state index contributed by atoms with van der Waals surface area (Å²) in [4.78, 5) is 8.70. The van der Waals surface area contributed by atoms with Crippen LogP contribution in [0.2, 0.25) is 0 Å². The highest BCUT2D eigenvalue weighted by Crippen LogP contribution is 2.40. The van der Waals surface area contributed by atoms with Gasteiger partial charge in [0.1, 0.15) is 0 Å². The van der Waals surface area contributed by atoms with E-state index in [9.17, 15) is 5.21 Å². The second-order valence-corrected chi connectivity index (χ2v) is 5.25. The quantitative estimate of drug-likeness (QED) is 0.537. The molecule has 3 aromatic rings. The summed E-state index contributed by atoms with van der Waals surface area (Å²) in [7, 11) is 4.65. The van der Waals surface area contributed by atoms with E-state index in [1.807, 2.05) is 0 Å². The van der Waals surface area contributed by atoms with E-state index in [0.29, 0.717) is 34.6 Å². The van der Waals surface area contributed by atoms with Crippen LogP contribution in [0.25, 0.3) is 11.3 Å². The molecule has 0 bridgehead atoms. The van der Waals surface area contributed by atoms with E-state index in [1.54, 1.807) is 57.9 Å². The van der Waals surface area contributed by atoms with Gasteiger partial charge in [0.05, 0.1) is 27.0 Å². The molecular weight excluding hydrogens is 336 g/mol. The SMILES string of the molecule is COc1cc(Nc2nccc(-c3cc[n+]([O-])cc3)n2)cc(OC)c1OC.